The van der Waals surface area contributed by atoms with Crippen molar-refractivity contribution < 1.29 is 9.53 Å². The van der Waals surface area contributed by atoms with Crippen molar-refractivity contribution in [1.82, 2.24) is 5.32 Å². The molecule has 1 fully saturated rings. The minimum atomic E-state index is -0.110. The maximum atomic E-state index is 12.3. The first-order valence-electron chi connectivity index (χ1n) is 10.3. The molecular weight excluding hydrogens is 348 g/mol. The zero-order chi connectivity index (χ0) is 20.1. The van der Waals surface area contributed by atoms with Crippen LogP contribution < -0.4 is 15.0 Å². The third kappa shape index (κ3) is 5.28. The molecule has 1 aliphatic heterocycles. The van der Waals surface area contributed by atoms with Gasteiger partial charge in [-0.1, -0.05) is 36.8 Å². The van der Waals surface area contributed by atoms with E-state index in [0.29, 0.717) is 0 Å². The first-order valence-corrected chi connectivity index (χ1v) is 10.3. The van der Waals surface area contributed by atoms with Crippen molar-refractivity contribution in [2.24, 2.45) is 5.92 Å². The highest BCUT2D eigenvalue weighted by Gasteiger charge is 2.17. The van der Waals surface area contributed by atoms with Crippen molar-refractivity contribution in [3.8, 4) is 5.75 Å². The Morgan fingerprint density at radius 3 is 2.64 bits per heavy atom. The molecule has 0 bridgehead atoms. The number of nitrogens with zero attached hydrogens (tertiary/aromatic N) is 1. The van der Waals surface area contributed by atoms with Crippen LogP contribution in [0.3, 0.4) is 0 Å². The summed E-state index contributed by atoms with van der Waals surface area (Å²) >= 11 is 0. The Balaban J connectivity index is 1.52. The van der Waals surface area contributed by atoms with Gasteiger partial charge in [-0.25, -0.2) is 0 Å². The lowest BCUT2D eigenvalue weighted by Crippen LogP contribution is -2.34. The van der Waals surface area contributed by atoms with Crippen LogP contribution in [0.5, 0.6) is 5.75 Å². The lowest BCUT2D eigenvalue weighted by molar-refractivity contribution is -0.123. The van der Waals surface area contributed by atoms with Crippen LogP contribution in [0.1, 0.15) is 49.4 Å². The van der Waals surface area contributed by atoms with Gasteiger partial charge in [-0.2, -0.15) is 0 Å². The number of carbonyl (C=O) groups excluding carboxylic acids is 1. The summed E-state index contributed by atoms with van der Waals surface area (Å²) in [5, 5.41) is 3.03. The van der Waals surface area contributed by atoms with Crippen molar-refractivity contribution in [3.63, 3.8) is 0 Å². The third-order valence-corrected chi connectivity index (χ3v) is 5.48. The Morgan fingerprint density at radius 1 is 1.21 bits per heavy atom. The van der Waals surface area contributed by atoms with Crippen LogP contribution in [0.4, 0.5) is 5.69 Å². The van der Waals surface area contributed by atoms with Crippen LogP contribution in [0.2, 0.25) is 0 Å². The summed E-state index contributed by atoms with van der Waals surface area (Å²) in [6, 6.07) is 14.5. The fraction of sp³-hybridized carbons (Fsp3) is 0.458. The fourth-order valence-electron chi connectivity index (χ4n) is 3.87. The predicted molar refractivity (Wildman–Crippen MR) is 115 cm³/mol. The largest absolute Gasteiger partial charge is 0.484 e. The Morgan fingerprint density at radius 2 is 1.96 bits per heavy atom. The molecule has 0 spiro atoms. The van der Waals surface area contributed by atoms with E-state index in [9.17, 15) is 4.79 Å². The number of anilines is 1. The van der Waals surface area contributed by atoms with Crippen LogP contribution in [-0.4, -0.2) is 25.6 Å². The zero-order valence-corrected chi connectivity index (χ0v) is 17.5. The van der Waals surface area contributed by atoms with E-state index in [4.69, 9.17) is 4.74 Å². The molecule has 0 aliphatic carbocycles. The van der Waals surface area contributed by atoms with Gasteiger partial charge in [0.15, 0.2) is 6.61 Å². The van der Waals surface area contributed by atoms with Crippen molar-refractivity contribution in [3.05, 3.63) is 59.2 Å². The average molecular weight is 381 g/mol. The van der Waals surface area contributed by atoms with Gasteiger partial charge in [-0.05, 0) is 68.9 Å². The molecule has 28 heavy (non-hydrogen) atoms. The summed E-state index contributed by atoms with van der Waals surface area (Å²) in [7, 11) is 0. The number of hydrogen-bond donors (Lipinski definition) is 1. The van der Waals surface area contributed by atoms with E-state index in [-0.39, 0.29) is 18.6 Å². The Hall–Kier alpha value is -2.49. The first-order chi connectivity index (χ1) is 13.4. The molecule has 1 heterocycles. The molecule has 1 aliphatic rings. The molecule has 2 aromatic carbocycles. The number of nitrogens with one attached hydrogen (secondary N) is 1. The predicted octanol–water partition coefficient (Wildman–Crippen LogP) is 4.80. The van der Waals surface area contributed by atoms with Gasteiger partial charge in [0.2, 0.25) is 0 Å². The molecule has 1 saturated heterocycles. The highest BCUT2D eigenvalue weighted by Crippen LogP contribution is 2.24. The van der Waals surface area contributed by atoms with Crippen molar-refractivity contribution in [2.45, 2.75) is 46.6 Å². The molecule has 2 unspecified atom stereocenters. The third-order valence-electron chi connectivity index (χ3n) is 5.48. The summed E-state index contributed by atoms with van der Waals surface area (Å²) in [4.78, 5) is 14.7. The number of aryl methyl sites for hydroxylation is 2. The second kappa shape index (κ2) is 9.13. The fourth-order valence-corrected chi connectivity index (χ4v) is 3.87. The lowest BCUT2D eigenvalue weighted by atomic mass is 9.99. The Bertz CT molecular complexity index is 801. The number of ether oxygens (including phenoxy) is 1. The van der Waals surface area contributed by atoms with E-state index < -0.39 is 0 Å². The van der Waals surface area contributed by atoms with Crippen molar-refractivity contribution >= 4 is 11.6 Å². The van der Waals surface area contributed by atoms with E-state index in [0.717, 1.165) is 35.9 Å². The van der Waals surface area contributed by atoms with E-state index >= 15 is 0 Å². The van der Waals surface area contributed by atoms with E-state index in [1.807, 2.05) is 32.9 Å². The molecule has 1 N–H and O–H groups in total. The molecule has 4 heteroatoms. The second-order valence-corrected chi connectivity index (χ2v) is 8.13. The normalized spacial score (nSPS) is 17.9. The summed E-state index contributed by atoms with van der Waals surface area (Å²) in [5.74, 6) is 1.40. The van der Waals surface area contributed by atoms with Crippen molar-refractivity contribution in [1.29, 1.82) is 0 Å². The van der Waals surface area contributed by atoms with Gasteiger partial charge >= 0.3 is 0 Å². The molecule has 0 aromatic heterocycles. The molecule has 0 radical (unpaired) electrons. The first kappa shape index (κ1) is 20.2. The van der Waals surface area contributed by atoms with E-state index in [2.05, 4.69) is 47.5 Å². The van der Waals surface area contributed by atoms with E-state index in [1.165, 1.54) is 24.1 Å². The van der Waals surface area contributed by atoms with Gasteiger partial charge < -0.3 is 15.0 Å². The van der Waals surface area contributed by atoms with Gasteiger partial charge in [-0.3, -0.25) is 4.79 Å². The summed E-state index contributed by atoms with van der Waals surface area (Å²) in [6.45, 7) is 10.6. The van der Waals surface area contributed by atoms with Gasteiger partial charge in [0.05, 0.1) is 6.04 Å². The minimum absolute atomic E-state index is 0.0258. The number of piperidine rings is 1. The van der Waals surface area contributed by atoms with Crippen LogP contribution >= 0.6 is 0 Å². The number of amides is 1. The van der Waals surface area contributed by atoms with Crippen LogP contribution in [-0.2, 0) is 4.79 Å². The highest BCUT2D eigenvalue weighted by molar-refractivity contribution is 5.78. The second-order valence-electron chi connectivity index (χ2n) is 8.13. The number of rotatable bonds is 6. The number of carbonyl (C=O) groups is 1. The molecule has 3 rings (SSSR count). The number of benzene rings is 2. The maximum absolute atomic E-state index is 12.3. The molecular formula is C24H32N2O2. The molecule has 2 aromatic rings. The van der Waals surface area contributed by atoms with Gasteiger partial charge in [0.1, 0.15) is 5.75 Å². The topological polar surface area (TPSA) is 41.6 Å². The standard InChI is InChI=1S/C24H32N2O2/c1-17-7-12-23(19(3)14-17)28-16-24(27)25-20(4)21-8-10-22(11-9-21)26-13-5-6-18(2)15-26/h7-12,14,18,20H,5-6,13,15-16H2,1-4H3,(H,25,27). The Labute approximate surface area is 168 Å². The SMILES string of the molecule is Cc1ccc(OCC(=O)NC(C)c2ccc(N3CCCC(C)C3)cc2)c(C)c1. The van der Waals surface area contributed by atoms with Crippen molar-refractivity contribution in [2.75, 3.05) is 24.6 Å². The molecule has 4 nitrogen and oxygen atoms in total. The van der Waals surface area contributed by atoms with Gasteiger partial charge in [0, 0.05) is 18.8 Å². The Kier molecular flexibility index (Phi) is 6.61. The molecule has 2 atom stereocenters. The highest BCUT2D eigenvalue weighted by atomic mass is 16.5. The smallest absolute Gasteiger partial charge is 0.258 e. The zero-order valence-electron chi connectivity index (χ0n) is 17.5. The monoisotopic (exact) mass is 380 g/mol. The summed E-state index contributed by atoms with van der Waals surface area (Å²) in [6.07, 6.45) is 2.58. The molecule has 0 saturated carbocycles. The maximum Gasteiger partial charge on any atom is 0.258 e. The van der Waals surface area contributed by atoms with E-state index in [1.54, 1.807) is 0 Å². The summed E-state index contributed by atoms with van der Waals surface area (Å²) < 4.78 is 5.68. The van der Waals surface area contributed by atoms with Gasteiger partial charge in [0.25, 0.3) is 5.91 Å². The number of hydrogen-bond acceptors (Lipinski definition) is 3. The van der Waals surface area contributed by atoms with Gasteiger partial charge in [-0.15, -0.1) is 0 Å². The van der Waals surface area contributed by atoms with Crippen LogP contribution in [0.25, 0.3) is 0 Å². The average Bonchev–Trinajstić information content (AvgIpc) is 2.67. The molecule has 1 amide bonds. The minimum Gasteiger partial charge on any atom is -0.484 e. The molecule has 150 valence electrons. The van der Waals surface area contributed by atoms with Crippen LogP contribution in [0.15, 0.2) is 42.5 Å². The lowest BCUT2D eigenvalue weighted by Gasteiger charge is -2.33. The van der Waals surface area contributed by atoms with Crippen LogP contribution in [0, 0.1) is 19.8 Å². The quantitative estimate of drug-likeness (QED) is 0.783. The summed E-state index contributed by atoms with van der Waals surface area (Å²) in [5.41, 5.74) is 4.61.